The highest BCUT2D eigenvalue weighted by molar-refractivity contribution is 5.21. The summed E-state index contributed by atoms with van der Waals surface area (Å²) in [6.07, 6.45) is 4.01. The second-order valence-electron chi connectivity index (χ2n) is 7.00. The Morgan fingerprint density at radius 2 is 2.11 bits per heavy atom. The second-order valence-corrected chi connectivity index (χ2v) is 7.00. The lowest BCUT2D eigenvalue weighted by atomic mass is 9.48. The average Bonchev–Trinajstić information content (AvgIpc) is 2.77. The maximum Gasteiger partial charge on any atom is 0.0691 e. The molecule has 0 amide bonds. The third-order valence-electron chi connectivity index (χ3n) is 5.63. The predicted molar refractivity (Wildman–Crippen MR) is 75.5 cm³/mol. The van der Waals surface area contributed by atoms with Crippen LogP contribution >= 0.6 is 0 Å². The summed E-state index contributed by atoms with van der Waals surface area (Å²) in [7, 11) is 2.22. The van der Waals surface area contributed by atoms with Gasteiger partial charge in [0.05, 0.1) is 6.10 Å². The second kappa shape index (κ2) is 4.77. The van der Waals surface area contributed by atoms with Gasteiger partial charge in [0.15, 0.2) is 0 Å². The number of hydrogen-bond acceptors (Lipinski definition) is 3. The topological polar surface area (TPSA) is 38.5 Å². The van der Waals surface area contributed by atoms with Gasteiger partial charge in [-0.25, -0.2) is 0 Å². The molecule has 18 heavy (non-hydrogen) atoms. The van der Waals surface area contributed by atoms with Gasteiger partial charge in [-0.1, -0.05) is 27.2 Å². The standard InChI is InChI=1S/C15H30N2O/c1-6-7-11(2)17(5)10-15(16)12-8-9-18-13(12)14(15,3)4/h11-13H,6-10,16H2,1-5H3. The molecule has 0 spiro atoms. The van der Waals surface area contributed by atoms with Crippen LogP contribution in [0.3, 0.4) is 0 Å². The Bertz CT molecular complexity index is 305. The van der Waals surface area contributed by atoms with Gasteiger partial charge in [0.2, 0.25) is 0 Å². The van der Waals surface area contributed by atoms with Gasteiger partial charge in [0.1, 0.15) is 0 Å². The van der Waals surface area contributed by atoms with E-state index in [1.54, 1.807) is 0 Å². The fraction of sp³-hybridized carbons (Fsp3) is 1.00. The van der Waals surface area contributed by atoms with E-state index >= 15 is 0 Å². The van der Waals surface area contributed by atoms with Crippen LogP contribution in [0.4, 0.5) is 0 Å². The largest absolute Gasteiger partial charge is 0.377 e. The lowest BCUT2D eigenvalue weighted by Crippen LogP contribution is -2.78. The van der Waals surface area contributed by atoms with Crippen LogP contribution in [0.1, 0.15) is 47.0 Å². The minimum Gasteiger partial charge on any atom is -0.377 e. The van der Waals surface area contributed by atoms with E-state index in [1.165, 1.54) is 12.8 Å². The van der Waals surface area contributed by atoms with E-state index in [4.69, 9.17) is 10.5 Å². The molecule has 4 atom stereocenters. The van der Waals surface area contributed by atoms with Gasteiger partial charge in [-0.3, -0.25) is 0 Å². The minimum absolute atomic E-state index is 0.0785. The smallest absolute Gasteiger partial charge is 0.0691 e. The van der Waals surface area contributed by atoms with E-state index in [2.05, 4.69) is 39.6 Å². The highest BCUT2D eigenvalue weighted by Crippen LogP contribution is 2.58. The molecule has 1 heterocycles. The summed E-state index contributed by atoms with van der Waals surface area (Å²) in [5, 5.41) is 0. The average molecular weight is 254 g/mol. The first-order valence-corrected chi connectivity index (χ1v) is 7.45. The zero-order valence-corrected chi connectivity index (χ0v) is 12.7. The molecular weight excluding hydrogens is 224 g/mol. The molecule has 0 aromatic carbocycles. The van der Waals surface area contributed by atoms with Crippen molar-refractivity contribution in [3.8, 4) is 0 Å². The number of likely N-dealkylation sites (N-methyl/N-ethyl adjacent to an activating group) is 1. The van der Waals surface area contributed by atoms with Gasteiger partial charge in [0, 0.05) is 36.1 Å². The van der Waals surface area contributed by atoms with E-state index in [1.807, 2.05) is 0 Å². The monoisotopic (exact) mass is 254 g/mol. The van der Waals surface area contributed by atoms with E-state index in [0.29, 0.717) is 18.1 Å². The molecule has 2 aliphatic rings. The van der Waals surface area contributed by atoms with Crippen LogP contribution in [0, 0.1) is 11.3 Å². The van der Waals surface area contributed by atoms with Crippen LogP contribution in [0.15, 0.2) is 0 Å². The molecule has 0 aromatic heterocycles. The molecule has 0 bridgehead atoms. The fourth-order valence-electron chi connectivity index (χ4n) is 4.00. The Balaban J connectivity index is 2.03. The Morgan fingerprint density at radius 3 is 2.72 bits per heavy atom. The van der Waals surface area contributed by atoms with Crippen molar-refractivity contribution in [2.45, 2.75) is 64.6 Å². The third kappa shape index (κ3) is 1.91. The molecule has 4 unspecified atom stereocenters. The van der Waals surface area contributed by atoms with Gasteiger partial charge >= 0.3 is 0 Å². The number of nitrogens with two attached hydrogens (primary N) is 1. The van der Waals surface area contributed by atoms with Crippen molar-refractivity contribution in [3.63, 3.8) is 0 Å². The van der Waals surface area contributed by atoms with Crippen molar-refractivity contribution in [2.24, 2.45) is 17.1 Å². The third-order valence-corrected chi connectivity index (χ3v) is 5.63. The summed E-state index contributed by atoms with van der Waals surface area (Å²) < 4.78 is 5.85. The molecule has 2 N–H and O–H groups in total. The number of fused-ring (bicyclic) bond motifs is 1. The summed E-state index contributed by atoms with van der Waals surface area (Å²) >= 11 is 0. The van der Waals surface area contributed by atoms with Crippen molar-refractivity contribution in [1.82, 2.24) is 4.90 Å². The first-order chi connectivity index (χ1) is 8.34. The zero-order valence-electron chi connectivity index (χ0n) is 12.7. The maximum absolute atomic E-state index is 6.78. The normalized spacial score (nSPS) is 39.5. The molecule has 1 aliphatic carbocycles. The fourth-order valence-corrected chi connectivity index (χ4v) is 4.00. The summed E-state index contributed by atoms with van der Waals surface area (Å²) in [6.45, 7) is 11.0. The Labute approximate surface area is 112 Å². The van der Waals surface area contributed by atoms with Crippen LogP contribution in [0.2, 0.25) is 0 Å². The molecule has 1 saturated heterocycles. The molecule has 1 saturated carbocycles. The predicted octanol–water partition coefficient (Wildman–Crippen LogP) is 2.25. The lowest BCUT2D eigenvalue weighted by molar-refractivity contribution is -0.163. The van der Waals surface area contributed by atoms with Crippen LogP contribution in [0.25, 0.3) is 0 Å². The number of rotatable bonds is 5. The summed E-state index contributed by atoms with van der Waals surface area (Å²) in [4.78, 5) is 2.44. The van der Waals surface area contributed by atoms with Gasteiger partial charge in [-0.2, -0.15) is 0 Å². The zero-order chi connectivity index (χ0) is 13.6. The van der Waals surface area contributed by atoms with Crippen LogP contribution in [-0.2, 0) is 4.74 Å². The molecule has 106 valence electrons. The van der Waals surface area contributed by atoms with Crippen LogP contribution < -0.4 is 5.73 Å². The van der Waals surface area contributed by atoms with Gasteiger partial charge in [-0.05, 0) is 26.8 Å². The van der Waals surface area contributed by atoms with E-state index in [-0.39, 0.29) is 11.0 Å². The van der Waals surface area contributed by atoms with Crippen molar-refractivity contribution < 1.29 is 4.74 Å². The van der Waals surface area contributed by atoms with Gasteiger partial charge < -0.3 is 15.4 Å². The quantitative estimate of drug-likeness (QED) is 0.818. The van der Waals surface area contributed by atoms with E-state index in [0.717, 1.165) is 19.6 Å². The number of ether oxygens (including phenoxy) is 1. The summed E-state index contributed by atoms with van der Waals surface area (Å²) in [6, 6.07) is 0.618. The Morgan fingerprint density at radius 1 is 1.44 bits per heavy atom. The molecule has 2 rings (SSSR count). The van der Waals surface area contributed by atoms with Crippen molar-refractivity contribution in [2.75, 3.05) is 20.2 Å². The van der Waals surface area contributed by atoms with Crippen molar-refractivity contribution in [3.05, 3.63) is 0 Å². The van der Waals surface area contributed by atoms with Gasteiger partial charge in [0.25, 0.3) is 0 Å². The van der Waals surface area contributed by atoms with Crippen LogP contribution in [0.5, 0.6) is 0 Å². The Kier molecular flexibility index (Phi) is 3.79. The molecule has 2 fully saturated rings. The van der Waals surface area contributed by atoms with E-state index in [9.17, 15) is 0 Å². The van der Waals surface area contributed by atoms with Crippen molar-refractivity contribution in [1.29, 1.82) is 0 Å². The first kappa shape index (κ1) is 14.3. The van der Waals surface area contributed by atoms with E-state index < -0.39 is 0 Å². The SMILES string of the molecule is CCCC(C)N(C)CC1(N)C2CCOC2C1(C)C. The molecule has 3 nitrogen and oxygen atoms in total. The highest BCUT2D eigenvalue weighted by atomic mass is 16.5. The Hall–Kier alpha value is -0.120. The summed E-state index contributed by atoms with van der Waals surface area (Å²) in [5.74, 6) is 0.559. The molecule has 0 radical (unpaired) electrons. The number of hydrogen-bond donors (Lipinski definition) is 1. The molecule has 0 aromatic rings. The molecule has 3 heteroatoms. The van der Waals surface area contributed by atoms with Gasteiger partial charge in [-0.15, -0.1) is 0 Å². The molecular formula is C15H30N2O. The minimum atomic E-state index is -0.0785. The van der Waals surface area contributed by atoms with Crippen LogP contribution in [-0.4, -0.2) is 42.8 Å². The highest BCUT2D eigenvalue weighted by Gasteiger charge is 2.67. The lowest BCUT2D eigenvalue weighted by Gasteiger charge is -2.63. The number of nitrogens with zero attached hydrogens (tertiary/aromatic N) is 1. The van der Waals surface area contributed by atoms with Crippen molar-refractivity contribution >= 4 is 0 Å². The first-order valence-electron chi connectivity index (χ1n) is 7.45. The summed E-state index contributed by atoms with van der Waals surface area (Å²) in [5.41, 5.74) is 6.81. The maximum atomic E-state index is 6.78. The molecule has 1 aliphatic heterocycles.